The summed E-state index contributed by atoms with van der Waals surface area (Å²) in [6, 6.07) is 0.570. The quantitative estimate of drug-likeness (QED) is 0.699. The highest BCUT2D eigenvalue weighted by atomic mass is 19.1. The summed E-state index contributed by atoms with van der Waals surface area (Å²) < 4.78 is 11.9. The van der Waals surface area contributed by atoms with Gasteiger partial charge in [0.1, 0.15) is 0 Å². The van der Waals surface area contributed by atoms with Crippen LogP contribution in [0.25, 0.3) is 0 Å². The molecular weight excluding hydrogens is 179 g/mol. The van der Waals surface area contributed by atoms with Crippen molar-refractivity contribution in [2.24, 2.45) is 0 Å². The highest BCUT2D eigenvalue weighted by molar-refractivity contribution is 4.87. The lowest BCUT2D eigenvalue weighted by molar-refractivity contribution is 0.170. The highest BCUT2D eigenvalue weighted by Gasteiger charge is 2.29. The van der Waals surface area contributed by atoms with Gasteiger partial charge in [-0.2, -0.15) is 0 Å². The molecule has 0 spiro atoms. The minimum atomic E-state index is -0.206. The molecule has 1 rings (SSSR count). The number of hydrogen-bond acceptors (Lipinski definition) is 2. The first-order chi connectivity index (χ1) is 6.54. The van der Waals surface area contributed by atoms with Gasteiger partial charge < -0.3 is 5.32 Å². The van der Waals surface area contributed by atoms with Crippen molar-refractivity contribution >= 4 is 0 Å². The molecule has 1 aliphatic rings. The standard InChI is InChI=1S/C11H23FN2/c1-11(2,3)14-8-5-10(9-14)13-7-4-6-12/h10,13H,4-9H2,1-3H3. The number of alkyl halides is 1. The number of nitrogens with zero attached hydrogens (tertiary/aromatic N) is 1. The van der Waals surface area contributed by atoms with Crippen molar-refractivity contribution in [2.45, 2.75) is 45.2 Å². The van der Waals surface area contributed by atoms with Crippen molar-refractivity contribution in [2.75, 3.05) is 26.3 Å². The molecule has 1 unspecified atom stereocenters. The Morgan fingerprint density at radius 1 is 1.43 bits per heavy atom. The molecule has 2 nitrogen and oxygen atoms in total. The fourth-order valence-corrected chi connectivity index (χ4v) is 1.91. The van der Waals surface area contributed by atoms with E-state index in [4.69, 9.17) is 0 Å². The van der Waals surface area contributed by atoms with Gasteiger partial charge in [0.15, 0.2) is 0 Å². The molecule has 14 heavy (non-hydrogen) atoms. The van der Waals surface area contributed by atoms with Crippen LogP contribution in [0.15, 0.2) is 0 Å². The van der Waals surface area contributed by atoms with Crippen LogP contribution >= 0.6 is 0 Å². The molecule has 1 heterocycles. The number of nitrogens with one attached hydrogen (secondary N) is 1. The van der Waals surface area contributed by atoms with Crippen molar-refractivity contribution in [1.29, 1.82) is 0 Å². The highest BCUT2D eigenvalue weighted by Crippen LogP contribution is 2.20. The average Bonchev–Trinajstić information content (AvgIpc) is 2.52. The molecule has 1 fully saturated rings. The predicted octanol–water partition coefficient (Wildman–Crippen LogP) is 1.81. The smallest absolute Gasteiger partial charge is 0.0906 e. The Hall–Kier alpha value is -0.150. The van der Waals surface area contributed by atoms with E-state index in [9.17, 15) is 4.39 Å². The van der Waals surface area contributed by atoms with Crippen LogP contribution in [-0.4, -0.2) is 42.8 Å². The lowest BCUT2D eigenvalue weighted by atomic mass is 10.1. The lowest BCUT2D eigenvalue weighted by Crippen LogP contribution is -2.42. The SMILES string of the molecule is CC(C)(C)N1CCC(NCCCF)C1. The maximum Gasteiger partial charge on any atom is 0.0906 e. The molecule has 0 aromatic rings. The molecule has 0 bridgehead atoms. The van der Waals surface area contributed by atoms with Gasteiger partial charge in [-0.3, -0.25) is 9.29 Å². The first kappa shape index (κ1) is 11.9. The second-order valence-electron chi connectivity index (χ2n) is 5.10. The number of likely N-dealkylation sites (tertiary alicyclic amines) is 1. The fourth-order valence-electron chi connectivity index (χ4n) is 1.91. The van der Waals surface area contributed by atoms with Gasteiger partial charge in [0.05, 0.1) is 6.67 Å². The third kappa shape index (κ3) is 3.54. The average molecular weight is 202 g/mol. The zero-order valence-corrected chi connectivity index (χ0v) is 9.65. The van der Waals surface area contributed by atoms with Crippen LogP contribution in [0.5, 0.6) is 0 Å². The summed E-state index contributed by atoms with van der Waals surface area (Å²) >= 11 is 0. The van der Waals surface area contributed by atoms with Crippen LogP contribution in [0.1, 0.15) is 33.6 Å². The van der Waals surface area contributed by atoms with Crippen LogP contribution in [0.3, 0.4) is 0 Å². The summed E-state index contributed by atoms with van der Waals surface area (Å²) in [5, 5.41) is 3.40. The van der Waals surface area contributed by atoms with Gasteiger partial charge in [0, 0.05) is 24.7 Å². The van der Waals surface area contributed by atoms with Crippen LogP contribution in [0.2, 0.25) is 0 Å². The second kappa shape index (κ2) is 5.08. The van der Waals surface area contributed by atoms with Crippen LogP contribution in [0, 0.1) is 0 Å². The predicted molar refractivity (Wildman–Crippen MR) is 58.3 cm³/mol. The van der Waals surface area contributed by atoms with Crippen molar-refractivity contribution in [3.63, 3.8) is 0 Å². The Labute approximate surface area is 86.9 Å². The number of rotatable bonds is 4. The Balaban J connectivity index is 2.21. The monoisotopic (exact) mass is 202 g/mol. The van der Waals surface area contributed by atoms with Gasteiger partial charge in [-0.05, 0) is 40.2 Å². The molecule has 1 aliphatic heterocycles. The topological polar surface area (TPSA) is 15.3 Å². The summed E-state index contributed by atoms with van der Waals surface area (Å²) in [6.45, 7) is 9.62. The van der Waals surface area contributed by atoms with E-state index in [0.29, 0.717) is 12.5 Å². The van der Waals surface area contributed by atoms with E-state index in [2.05, 4.69) is 31.0 Å². The number of halogens is 1. The van der Waals surface area contributed by atoms with Crippen molar-refractivity contribution < 1.29 is 4.39 Å². The van der Waals surface area contributed by atoms with Gasteiger partial charge in [-0.15, -0.1) is 0 Å². The molecular formula is C11H23FN2. The van der Waals surface area contributed by atoms with Gasteiger partial charge in [0.2, 0.25) is 0 Å². The molecule has 0 aliphatic carbocycles. The summed E-state index contributed by atoms with van der Waals surface area (Å²) in [5.41, 5.74) is 0.274. The van der Waals surface area contributed by atoms with E-state index in [0.717, 1.165) is 19.6 Å². The van der Waals surface area contributed by atoms with E-state index in [1.165, 1.54) is 6.42 Å². The minimum Gasteiger partial charge on any atom is -0.313 e. The molecule has 1 saturated heterocycles. The third-order valence-electron chi connectivity index (χ3n) is 2.88. The molecule has 1 N–H and O–H groups in total. The molecule has 0 aromatic carbocycles. The van der Waals surface area contributed by atoms with Crippen LogP contribution < -0.4 is 5.32 Å². The normalized spacial score (nSPS) is 24.4. The summed E-state index contributed by atoms with van der Waals surface area (Å²) in [6.07, 6.45) is 1.84. The van der Waals surface area contributed by atoms with Crippen molar-refractivity contribution in [3.8, 4) is 0 Å². The van der Waals surface area contributed by atoms with Crippen LogP contribution in [0.4, 0.5) is 4.39 Å². The minimum absolute atomic E-state index is 0.206. The van der Waals surface area contributed by atoms with E-state index < -0.39 is 0 Å². The zero-order valence-electron chi connectivity index (χ0n) is 9.65. The summed E-state index contributed by atoms with van der Waals surface area (Å²) in [7, 11) is 0. The van der Waals surface area contributed by atoms with E-state index in [-0.39, 0.29) is 12.2 Å². The fraction of sp³-hybridized carbons (Fsp3) is 1.00. The van der Waals surface area contributed by atoms with E-state index in [1.54, 1.807) is 0 Å². The Bertz CT molecular complexity index is 165. The van der Waals surface area contributed by atoms with Crippen molar-refractivity contribution in [3.05, 3.63) is 0 Å². The van der Waals surface area contributed by atoms with E-state index >= 15 is 0 Å². The molecule has 1 atom stereocenters. The molecule has 84 valence electrons. The number of hydrogen-bond donors (Lipinski definition) is 1. The third-order valence-corrected chi connectivity index (χ3v) is 2.88. The first-order valence-corrected chi connectivity index (χ1v) is 5.58. The maximum absolute atomic E-state index is 11.9. The second-order valence-corrected chi connectivity index (χ2v) is 5.10. The first-order valence-electron chi connectivity index (χ1n) is 5.58. The van der Waals surface area contributed by atoms with Gasteiger partial charge in [-0.25, -0.2) is 0 Å². The Kier molecular flexibility index (Phi) is 4.32. The Morgan fingerprint density at radius 3 is 2.64 bits per heavy atom. The largest absolute Gasteiger partial charge is 0.313 e. The van der Waals surface area contributed by atoms with Gasteiger partial charge in [0.25, 0.3) is 0 Å². The Morgan fingerprint density at radius 2 is 2.14 bits per heavy atom. The molecule has 0 radical (unpaired) electrons. The molecule has 0 amide bonds. The van der Waals surface area contributed by atoms with Crippen molar-refractivity contribution in [1.82, 2.24) is 10.2 Å². The summed E-state index contributed by atoms with van der Waals surface area (Å²) in [5.74, 6) is 0. The zero-order chi connectivity index (χ0) is 10.6. The molecule has 0 saturated carbocycles. The van der Waals surface area contributed by atoms with E-state index in [1.807, 2.05) is 0 Å². The molecule has 0 aromatic heterocycles. The lowest BCUT2D eigenvalue weighted by Gasteiger charge is -2.31. The van der Waals surface area contributed by atoms with Gasteiger partial charge >= 0.3 is 0 Å². The molecule has 3 heteroatoms. The van der Waals surface area contributed by atoms with Gasteiger partial charge in [-0.1, -0.05) is 0 Å². The maximum atomic E-state index is 11.9. The summed E-state index contributed by atoms with van der Waals surface area (Å²) in [4.78, 5) is 2.49. The van der Waals surface area contributed by atoms with Crippen LogP contribution in [-0.2, 0) is 0 Å².